The SMILES string of the molecule is CC(=O)Nc1ccc(Sc2ncccc2C2(O)CCN(CC34CC(c5ccccc53)c3ccccc34)CC2)cc1. The highest BCUT2D eigenvalue weighted by molar-refractivity contribution is 7.99. The van der Waals surface area contributed by atoms with E-state index in [0.29, 0.717) is 18.8 Å². The molecule has 0 saturated carbocycles. The van der Waals surface area contributed by atoms with Gasteiger partial charge < -0.3 is 15.3 Å². The molecule has 4 aromatic rings. The molecule has 2 aliphatic carbocycles. The van der Waals surface area contributed by atoms with Crippen molar-refractivity contribution in [3.05, 3.63) is 119 Å². The van der Waals surface area contributed by atoms with Crippen LogP contribution < -0.4 is 5.32 Å². The van der Waals surface area contributed by atoms with Gasteiger partial charge >= 0.3 is 0 Å². The zero-order chi connectivity index (χ0) is 27.3. The molecule has 202 valence electrons. The number of carbonyl (C=O) groups excluding carboxylic acids is 1. The van der Waals surface area contributed by atoms with Gasteiger partial charge in [0.25, 0.3) is 0 Å². The summed E-state index contributed by atoms with van der Waals surface area (Å²) in [6.07, 6.45) is 4.30. The maximum Gasteiger partial charge on any atom is 0.221 e. The fourth-order valence-electron chi connectivity index (χ4n) is 7.29. The number of nitrogens with zero attached hydrogens (tertiary/aromatic N) is 2. The van der Waals surface area contributed by atoms with E-state index in [1.54, 1.807) is 18.0 Å². The minimum absolute atomic E-state index is 0.0338. The molecule has 0 atom stereocenters. The van der Waals surface area contributed by atoms with Gasteiger partial charge in [-0.3, -0.25) is 4.79 Å². The molecule has 0 spiro atoms. The number of hydrogen-bond acceptors (Lipinski definition) is 5. The van der Waals surface area contributed by atoms with E-state index in [2.05, 4.69) is 63.7 Å². The Morgan fingerprint density at radius 3 is 2.20 bits per heavy atom. The number of fused-ring (bicyclic) bond motifs is 8. The fraction of sp³-hybridized carbons (Fsp3) is 0.294. The van der Waals surface area contributed by atoms with Gasteiger partial charge in [0.15, 0.2) is 0 Å². The van der Waals surface area contributed by atoms with Crippen LogP contribution in [0.15, 0.2) is 101 Å². The third-order valence-electron chi connectivity index (χ3n) is 9.09. The Morgan fingerprint density at radius 1 is 0.925 bits per heavy atom. The number of hydrogen-bond donors (Lipinski definition) is 2. The van der Waals surface area contributed by atoms with Crippen LogP contribution >= 0.6 is 11.8 Å². The molecule has 1 fully saturated rings. The highest BCUT2D eigenvalue weighted by Gasteiger charge is 2.53. The first kappa shape index (κ1) is 25.5. The van der Waals surface area contributed by atoms with Crippen molar-refractivity contribution in [2.24, 2.45) is 0 Å². The summed E-state index contributed by atoms with van der Waals surface area (Å²) < 4.78 is 0. The first-order chi connectivity index (χ1) is 19.5. The molecule has 5 nitrogen and oxygen atoms in total. The minimum Gasteiger partial charge on any atom is -0.385 e. The number of carbonyl (C=O) groups is 1. The predicted octanol–water partition coefficient (Wildman–Crippen LogP) is 6.31. The van der Waals surface area contributed by atoms with Crippen LogP contribution in [0.25, 0.3) is 0 Å². The number of nitrogens with one attached hydrogen (secondary N) is 1. The molecule has 0 unspecified atom stereocenters. The molecule has 1 saturated heterocycles. The molecule has 7 rings (SSSR count). The third kappa shape index (κ3) is 4.26. The van der Waals surface area contributed by atoms with E-state index in [4.69, 9.17) is 0 Å². The average Bonchev–Trinajstić information content (AvgIpc) is 3.48. The molecular formula is C34H33N3O2S. The number of pyridine rings is 1. The Bertz CT molecular complexity index is 1530. The van der Waals surface area contributed by atoms with E-state index < -0.39 is 5.60 Å². The van der Waals surface area contributed by atoms with Crippen molar-refractivity contribution in [2.45, 2.75) is 53.0 Å². The molecule has 3 aliphatic rings. The first-order valence-corrected chi connectivity index (χ1v) is 14.9. The van der Waals surface area contributed by atoms with E-state index in [9.17, 15) is 9.90 Å². The Morgan fingerprint density at radius 2 is 1.55 bits per heavy atom. The zero-order valence-electron chi connectivity index (χ0n) is 22.6. The minimum atomic E-state index is -0.912. The first-order valence-electron chi connectivity index (χ1n) is 14.1. The molecule has 0 radical (unpaired) electrons. The number of benzene rings is 3. The van der Waals surface area contributed by atoms with Gasteiger partial charge in [-0.25, -0.2) is 4.98 Å². The number of amides is 1. The number of aliphatic hydroxyl groups is 1. The lowest BCUT2D eigenvalue weighted by atomic mass is 9.74. The molecule has 2 bridgehead atoms. The van der Waals surface area contributed by atoms with Gasteiger partial charge in [-0.05, 0) is 71.8 Å². The lowest BCUT2D eigenvalue weighted by Crippen LogP contribution is -2.48. The Labute approximate surface area is 239 Å². The maximum absolute atomic E-state index is 11.9. The van der Waals surface area contributed by atoms with Crippen LogP contribution in [0.5, 0.6) is 0 Å². The molecule has 1 aromatic heterocycles. The van der Waals surface area contributed by atoms with Crippen LogP contribution in [0.4, 0.5) is 5.69 Å². The summed E-state index contributed by atoms with van der Waals surface area (Å²) in [7, 11) is 0. The molecular weight excluding hydrogens is 514 g/mol. The van der Waals surface area contributed by atoms with Crippen molar-refractivity contribution in [1.29, 1.82) is 0 Å². The van der Waals surface area contributed by atoms with Gasteiger partial charge in [-0.1, -0.05) is 66.4 Å². The Kier molecular flexibility index (Phi) is 6.30. The van der Waals surface area contributed by atoms with Crippen molar-refractivity contribution in [1.82, 2.24) is 9.88 Å². The van der Waals surface area contributed by atoms with E-state index in [1.165, 1.54) is 29.2 Å². The summed E-state index contributed by atoms with van der Waals surface area (Å²) >= 11 is 1.56. The standard InChI is InChI=1S/C34H33N3O2S/c1-23(38)36-24-12-14-25(15-13-24)40-32-31(11-6-18-35-32)34(39)16-19-37(20-17-34)22-33-21-28(26-7-2-4-9-29(26)33)27-8-3-5-10-30(27)33/h2-15,18,28,39H,16-17,19-22H2,1H3,(H,36,38). The monoisotopic (exact) mass is 547 g/mol. The molecule has 6 heteroatoms. The zero-order valence-corrected chi connectivity index (χ0v) is 23.5. The summed E-state index contributed by atoms with van der Waals surface area (Å²) in [5, 5.41) is 15.6. The van der Waals surface area contributed by atoms with E-state index in [-0.39, 0.29) is 11.3 Å². The second-order valence-electron chi connectivity index (χ2n) is 11.5. The second kappa shape index (κ2) is 9.88. The number of piperidine rings is 1. The normalized spacial score (nSPS) is 22.5. The fourth-order valence-corrected chi connectivity index (χ4v) is 8.27. The van der Waals surface area contributed by atoms with Crippen molar-refractivity contribution >= 4 is 23.4 Å². The van der Waals surface area contributed by atoms with Crippen molar-refractivity contribution in [3.8, 4) is 0 Å². The summed E-state index contributed by atoms with van der Waals surface area (Å²) in [5.74, 6) is 0.408. The summed E-state index contributed by atoms with van der Waals surface area (Å²) in [6, 6.07) is 29.8. The van der Waals surface area contributed by atoms with Crippen molar-refractivity contribution in [3.63, 3.8) is 0 Å². The quantitative estimate of drug-likeness (QED) is 0.296. The van der Waals surface area contributed by atoms with Gasteiger partial charge in [0.05, 0.1) is 5.60 Å². The summed E-state index contributed by atoms with van der Waals surface area (Å²) in [5.41, 5.74) is 6.78. The van der Waals surface area contributed by atoms with E-state index in [0.717, 1.165) is 47.2 Å². The highest BCUT2D eigenvalue weighted by Crippen LogP contribution is 2.60. The summed E-state index contributed by atoms with van der Waals surface area (Å²) in [6.45, 7) is 4.18. The summed E-state index contributed by atoms with van der Waals surface area (Å²) in [4.78, 5) is 19.6. The molecule has 3 aromatic carbocycles. The topological polar surface area (TPSA) is 65.5 Å². The van der Waals surface area contributed by atoms with Gasteiger partial charge in [0.1, 0.15) is 5.03 Å². The lowest BCUT2D eigenvalue weighted by molar-refractivity contribution is -0.114. The molecule has 2 heterocycles. The van der Waals surface area contributed by atoms with Crippen molar-refractivity contribution in [2.75, 3.05) is 25.0 Å². The van der Waals surface area contributed by atoms with Crippen LogP contribution in [0.3, 0.4) is 0 Å². The van der Waals surface area contributed by atoms with Crippen LogP contribution in [0.2, 0.25) is 0 Å². The number of aromatic nitrogens is 1. The van der Waals surface area contributed by atoms with Gasteiger partial charge in [0, 0.05) is 60.2 Å². The predicted molar refractivity (Wildman–Crippen MR) is 159 cm³/mol. The maximum atomic E-state index is 11.9. The van der Waals surface area contributed by atoms with E-state index >= 15 is 0 Å². The van der Waals surface area contributed by atoms with Crippen LogP contribution in [0, 0.1) is 0 Å². The average molecular weight is 548 g/mol. The Balaban J connectivity index is 1.09. The molecule has 2 N–H and O–H groups in total. The number of rotatable bonds is 6. The van der Waals surface area contributed by atoms with Gasteiger partial charge in [0.2, 0.25) is 5.91 Å². The smallest absolute Gasteiger partial charge is 0.221 e. The van der Waals surface area contributed by atoms with Gasteiger partial charge in [-0.2, -0.15) is 0 Å². The van der Waals surface area contributed by atoms with Crippen LogP contribution in [-0.4, -0.2) is 40.5 Å². The molecule has 1 aliphatic heterocycles. The number of anilines is 1. The largest absolute Gasteiger partial charge is 0.385 e. The van der Waals surface area contributed by atoms with Crippen LogP contribution in [-0.2, 0) is 15.8 Å². The van der Waals surface area contributed by atoms with E-state index in [1.807, 2.05) is 36.4 Å². The Hall–Kier alpha value is -3.45. The molecule has 1 amide bonds. The second-order valence-corrected chi connectivity index (χ2v) is 12.5. The lowest BCUT2D eigenvalue weighted by Gasteiger charge is -2.43. The molecule has 40 heavy (non-hydrogen) atoms. The van der Waals surface area contributed by atoms with Gasteiger partial charge in [-0.15, -0.1) is 0 Å². The van der Waals surface area contributed by atoms with Crippen LogP contribution in [0.1, 0.15) is 59.9 Å². The van der Waals surface area contributed by atoms with Crippen molar-refractivity contribution < 1.29 is 9.90 Å². The highest BCUT2D eigenvalue weighted by atomic mass is 32.2. The third-order valence-corrected chi connectivity index (χ3v) is 10.1. The number of likely N-dealkylation sites (tertiary alicyclic amines) is 1.